The number of amidine groups is 1. The number of imidazole rings is 1. The van der Waals surface area contributed by atoms with Crippen LogP contribution in [-0.2, 0) is 6.18 Å². The monoisotopic (exact) mass is 477 g/mol. The van der Waals surface area contributed by atoms with Crippen molar-refractivity contribution in [2.45, 2.75) is 27.5 Å². The molecule has 2 aromatic heterocycles. The van der Waals surface area contributed by atoms with Gasteiger partial charge in [-0.05, 0) is 36.4 Å². The molecule has 182 valence electrons. The second-order valence-electron chi connectivity index (χ2n) is 5.90. The van der Waals surface area contributed by atoms with E-state index in [-0.39, 0.29) is 25.0 Å². The van der Waals surface area contributed by atoms with Gasteiger partial charge in [-0.2, -0.15) is 13.2 Å². The number of para-hydroxylation sites is 1. The SMILES string of the molecule is C.CC.N/C(=N/O)c1nnc(-c2ccccc2Nc2ccc(C(F)(F)F)cc2)o1.c1c[nH]cn1. The fraction of sp³-hybridized carbons (Fsp3) is 0.182. The van der Waals surface area contributed by atoms with Crippen molar-refractivity contribution in [3.05, 3.63) is 78.7 Å². The van der Waals surface area contributed by atoms with Gasteiger partial charge in [0.05, 0.1) is 23.1 Å². The second kappa shape index (κ2) is 13.3. The van der Waals surface area contributed by atoms with E-state index >= 15 is 0 Å². The number of hydrogen-bond acceptors (Lipinski definition) is 7. The molecule has 34 heavy (non-hydrogen) atoms. The average molecular weight is 477 g/mol. The van der Waals surface area contributed by atoms with Crippen LogP contribution in [0.2, 0.25) is 0 Å². The molecule has 0 unspecified atom stereocenters. The van der Waals surface area contributed by atoms with E-state index in [9.17, 15) is 13.2 Å². The highest BCUT2D eigenvalue weighted by molar-refractivity contribution is 5.92. The molecule has 2 heterocycles. The van der Waals surface area contributed by atoms with Gasteiger partial charge in [0, 0.05) is 18.1 Å². The molecule has 0 aliphatic heterocycles. The standard InChI is InChI=1S/C16H12F3N5O2.C3H4N2.C2H6.CH4/c17-16(18,19)9-5-7-10(8-6-9)21-12-4-2-1-3-11(12)14-22-23-15(26-14)13(20)24-25;1-2-5-3-4-1;1-2;/h1-8,21,25H,(H2,20,24);1-3H,(H,4,5);1-2H3;1H4. The molecule has 12 heteroatoms. The van der Waals surface area contributed by atoms with E-state index in [1.54, 1.807) is 43.0 Å². The minimum absolute atomic E-state index is 0. The fourth-order valence-corrected chi connectivity index (χ4v) is 2.37. The minimum Gasteiger partial charge on any atom is -0.413 e. The molecule has 0 radical (unpaired) electrons. The minimum atomic E-state index is -4.40. The van der Waals surface area contributed by atoms with E-state index in [0.717, 1.165) is 12.1 Å². The van der Waals surface area contributed by atoms with Crippen LogP contribution in [0.3, 0.4) is 0 Å². The van der Waals surface area contributed by atoms with Crippen molar-refractivity contribution in [2.24, 2.45) is 10.9 Å². The quantitative estimate of drug-likeness (QED) is 0.129. The van der Waals surface area contributed by atoms with E-state index in [1.165, 1.54) is 12.1 Å². The molecule has 0 spiro atoms. The van der Waals surface area contributed by atoms with Gasteiger partial charge < -0.3 is 25.7 Å². The van der Waals surface area contributed by atoms with E-state index in [0.29, 0.717) is 16.9 Å². The van der Waals surface area contributed by atoms with Gasteiger partial charge in [0.25, 0.3) is 5.89 Å². The van der Waals surface area contributed by atoms with E-state index in [1.807, 2.05) is 13.8 Å². The predicted molar refractivity (Wildman–Crippen MR) is 124 cm³/mol. The molecule has 0 saturated carbocycles. The molecule has 0 fully saturated rings. The van der Waals surface area contributed by atoms with Crippen LogP contribution in [0, 0.1) is 0 Å². The number of halogens is 3. The molecule has 0 amide bonds. The maximum Gasteiger partial charge on any atom is 0.416 e. The van der Waals surface area contributed by atoms with Crippen molar-refractivity contribution >= 4 is 17.2 Å². The summed E-state index contributed by atoms with van der Waals surface area (Å²) in [4.78, 5) is 6.42. The van der Waals surface area contributed by atoms with Crippen LogP contribution in [0.4, 0.5) is 24.5 Å². The number of hydrogen-bond donors (Lipinski definition) is 4. The lowest BCUT2D eigenvalue weighted by atomic mass is 10.1. The molecule has 2 aromatic carbocycles. The highest BCUT2D eigenvalue weighted by Gasteiger charge is 2.30. The number of alkyl halides is 3. The van der Waals surface area contributed by atoms with Gasteiger partial charge in [-0.1, -0.05) is 38.6 Å². The van der Waals surface area contributed by atoms with Crippen LogP contribution in [-0.4, -0.2) is 31.2 Å². The van der Waals surface area contributed by atoms with Crippen molar-refractivity contribution in [1.29, 1.82) is 0 Å². The van der Waals surface area contributed by atoms with Crippen molar-refractivity contribution in [3.63, 3.8) is 0 Å². The fourth-order valence-electron chi connectivity index (χ4n) is 2.37. The molecule has 0 atom stereocenters. The van der Waals surface area contributed by atoms with Crippen molar-refractivity contribution in [2.75, 3.05) is 5.32 Å². The third-order valence-corrected chi connectivity index (χ3v) is 3.81. The molecule has 0 saturated heterocycles. The van der Waals surface area contributed by atoms with Crippen LogP contribution in [0.1, 0.15) is 32.7 Å². The Morgan fingerprint density at radius 1 is 1.09 bits per heavy atom. The summed E-state index contributed by atoms with van der Waals surface area (Å²) in [6, 6.07) is 11.4. The number of anilines is 2. The molecule has 0 aliphatic carbocycles. The lowest BCUT2D eigenvalue weighted by Crippen LogP contribution is -2.13. The Bertz CT molecular complexity index is 1110. The first-order valence-corrected chi connectivity index (χ1v) is 9.66. The smallest absolute Gasteiger partial charge is 0.413 e. The molecule has 4 rings (SSSR count). The molecule has 4 aromatic rings. The lowest BCUT2D eigenvalue weighted by molar-refractivity contribution is -0.137. The summed E-state index contributed by atoms with van der Waals surface area (Å²) in [5.41, 5.74) is 6.13. The maximum absolute atomic E-state index is 12.6. The number of nitrogens with two attached hydrogens (primary N) is 1. The Hall–Kier alpha value is -4.35. The number of rotatable bonds is 4. The first-order chi connectivity index (χ1) is 15.9. The summed E-state index contributed by atoms with van der Waals surface area (Å²) in [5, 5.41) is 21.9. The Kier molecular flexibility index (Phi) is 10.8. The maximum atomic E-state index is 12.6. The highest BCUT2D eigenvalue weighted by Crippen LogP contribution is 2.32. The van der Waals surface area contributed by atoms with Crippen LogP contribution in [0.15, 0.2) is 76.8 Å². The Balaban J connectivity index is 0.000000630. The number of H-pyrrole nitrogens is 1. The van der Waals surface area contributed by atoms with Gasteiger partial charge >= 0.3 is 6.18 Å². The Morgan fingerprint density at radius 3 is 2.29 bits per heavy atom. The number of nitrogens with zero attached hydrogens (tertiary/aromatic N) is 4. The largest absolute Gasteiger partial charge is 0.416 e. The molecule has 9 nitrogen and oxygen atoms in total. The van der Waals surface area contributed by atoms with Gasteiger partial charge in [0.1, 0.15) is 0 Å². The zero-order valence-electron chi connectivity index (χ0n) is 17.7. The summed E-state index contributed by atoms with van der Waals surface area (Å²) >= 11 is 0. The van der Waals surface area contributed by atoms with Gasteiger partial charge in [0.2, 0.25) is 11.7 Å². The highest BCUT2D eigenvalue weighted by atomic mass is 19.4. The van der Waals surface area contributed by atoms with Crippen molar-refractivity contribution < 1.29 is 22.8 Å². The summed E-state index contributed by atoms with van der Waals surface area (Å²) < 4.78 is 43.3. The Labute approximate surface area is 194 Å². The topological polar surface area (TPSA) is 138 Å². The van der Waals surface area contributed by atoms with Crippen LogP contribution < -0.4 is 11.1 Å². The Morgan fingerprint density at radius 2 is 1.76 bits per heavy atom. The number of aromatic nitrogens is 4. The lowest BCUT2D eigenvalue weighted by Gasteiger charge is -2.11. The summed E-state index contributed by atoms with van der Waals surface area (Å²) in [7, 11) is 0. The molecule has 0 aliphatic rings. The number of nitrogens with one attached hydrogen (secondary N) is 2. The predicted octanol–water partition coefficient (Wildman–Crippen LogP) is 5.67. The summed E-state index contributed by atoms with van der Waals surface area (Å²) in [6.45, 7) is 4.00. The zero-order valence-corrected chi connectivity index (χ0v) is 17.7. The van der Waals surface area contributed by atoms with Crippen LogP contribution >= 0.6 is 0 Å². The normalized spacial score (nSPS) is 10.7. The zero-order chi connectivity index (χ0) is 24.3. The van der Waals surface area contributed by atoms with E-state index < -0.39 is 11.7 Å². The van der Waals surface area contributed by atoms with Gasteiger partial charge in [0.15, 0.2) is 0 Å². The second-order valence-corrected chi connectivity index (χ2v) is 5.90. The number of aromatic amines is 1. The van der Waals surface area contributed by atoms with Crippen LogP contribution in [0.5, 0.6) is 0 Å². The summed E-state index contributed by atoms with van der Waals surface area (Å²) in [5.74, 6) is -0.398. The van der Waals surface area contributed by atoms with Crippen molar-refractivity contribution in [1.82, 2.24) is 20.2 Å². The third-order valence-electron chi connectivity index (χ3n) is 3.81. The number of oxime groups is 1. The van der Waals surface area contributed by atoms with Crippen LogP contribution in [0.25, 0.3) is 11.5 Å². The van der Waals surface area contributed by atoms with E-state index in [4.69, 9.17) is 15.4 Å². The van der Waals surface area contributed by atoms with E-state index in [2.05, 4.69) is 30.6 Å². The third kappa shape index (κ3) is 7.65. The van der Waals surface area contributed by atoms with Gasteiger partial charge in [-0.3, -0.25) is 0 Å². The molecular formula is C22H26F3N7O2. The first kappa shape index (κ1) is 27.7. The summed E-state index contributed by atoms with van der Waals surface area (Å²) in [6.07, 6.45) is 0.685. The van der Waals surface area contributed by atoms with Crippen molar-refractivity contribution in [3.8, 4) is 11.5 Å². The van der Waals surface area contributed by atoms with Gasteiger partial charge in [-0.25, -0.2) is 4.98 Å². The van der Waals surface area contributed by atoms with Gasteiger partial charge in [-0.15, -0.1) is 10.2 Å². The first-order valence-electron chi connectivity index (χ1n) is 9.66. The molecule has 5 N–H and O–H groups in total. The molecular weight excluding hydrogens is 451 g/mol. The number of benzene rings is 2. The average Bonchev–Trinajstić information content (AvgIpc) is 3.56. The molecule has 0 bridgehead atoms.